The SMILES string of the molecule is Cc1cc(S)ccc1S.Cc1ccc(S)c(S)c1. The highest BCUT2D eigenvalue weighted by Gasteiger charge is 1.91. The van der Waals surface area contributed by atoms with Gasteiger partial charge in [-0.25, -0.2) is 0 Å². The first-order valence-corrected chi connectivity index (χ1v) is 7.16. The van der Waals surface area contributed by atoms with Crippen LogP contribution in [0.25, 0.3) is 0 Å². The van der Waals surface area contributed by atoms with Gasteiger partial charge in [0, 0.05) is 19.6 Å². The molecular weight excluding hydrogens is 296 g/mol. The van der Waals surface area contributed by atoms with Gasteiger partial charge in [0.15, 0.2) is 0 Å². The van der Waals surface area contributed by atoms with E-state index in [0.717, 1.165) is 19.6 Å². The van der Waals surface area contributed by atoms with Crippen molar-refractivity contribution < 1.29 is 0 Å². The number of rotatable bonds is 0. The standard InChI is InChI=1S/2C7H8S2/c1-5-4-6(8)2-3-7(5)9;1-5-2-3-6(8)7(9)4-5/h2*2-4,8-9H,1H3. The molecule has 0 fully saturated rings. The van der Waals surface area contributed by atoms with E-state index in [1.165, 1.54) is 11.1 Å². The topological polar surface area (TPSA) is 0 Å². The molecule has 0 bridgehead atoms. The molecule has 2 rings (SSSR count). The Kier molecular flexibility index (Phi) is 6.57. The number of hydrogen-bond acceptors (Lipinski definition) is 4. The average Bonchev–Trinajstić information content (AvgIpc) is 2.30. The van der Waals surface area contributed by atoms with Crippen LogP contribution in [0.15, 0.2) is 56.0 Å². The van der Waals surface area contributed by atoms with Crippen LogP contribution >= 0.6 is 50.5 Å². The fraction of sp³-hybridized carbons (Fsp3) is 0.143. The molecule has 0 N–H and O–H groups in total. The van der Waals surface area contributed by atoms with Gasteiger partial charge in [-0.1, -0.05) is 6.07 Å². The van der Waals surface area contributed by atoms with E-state index >= 15 is 0 Å². The molecule has 96 valence electrons. The van der Waals surface area contributed by atoms with E-state index in [1.54, 1.807) is 0 Å². The maximum Gasteiger partial charge on any atom is 0.0176 e. The van der Waals surface area contributed by atoms with E-state index in [9.17, 15) is 0 Å². The first kappa shape index (κ1) is 15.9. The van der Waals surface area contributed by atoms with Crippen LogP contribution < -0.4 is 0 Å². The number of thiol groups is 4. The summed E-state index contributed by atoms with van der Waals surface area (Å²) in [5.41, 5.74) is 2.39. The predicted octanol–water partition coefficient (Wildman–Crippen LogP) is 5.14. The molecule has 0 saturated carbocycles. The Morgan fingerprint density at radius 1 is 0.667 bits per heavy atom. The lowest BCUT2D eigenvalue weighted by Gasteiger charge is -1.96. The molecule has 2 aromatic rings. The molecule has 0 heterocycles. The van der Waals surface area contributed by atoms with E-state index in [0.29, 0.717) is 0 Å². The summed E-state index contributed by atoms with van der Waals surface area (Å²) in [6, 6.07) is 11.8. The van der Waals surface area contributed by atoms with Crippen molar-refractivity contribution in [2.24, 2.45) is 0 Å². The first-order valence-electron chi connectivity index (χ1n) is 5.37. The number of benzene rings is 2. The Balaban J connectivity index is 0.000000180. The van der Waals surface area contributed by atoms with Crippen LogP contribution in [-0.2, 0) is 0 Å². The zero-order chi connectivity index (χ0) is 13.7. The van der Waals surface area contributed by atoms with Crippen LogP contribution in [0.4, 0.5) is 0 Å². The fourth-order valence-electron chi connectivity index (χ4n) is 1.27. The van der Waals surface area contributed by atoms with Crippen molar-refractivity contribution in [2.45, 2.75) is 33.4 Å². The van der Waals surface area contributed by atoms with Crippen molar-refractivity contribution in [1.29, 1.82) is 0 Å². The lowest BCUT2D eigenvalue weighted by molar-refractivity contribution is 1.23. The van der Waals surface area contributed by atoms with E-state index in [1.807, 2.05) is 50.2 Å². The highest BCUT2D eigenvalue weighted by molar-refractivity contribution is 7.83. The van der Waals surface area contributed by atoms with Gasteiger partial charge >= 0.3 is 0 Å². The third kappa shape index (κ3) is 5.22. The van der Waals surface area contributed by atoms with Crippen LogP contribution in [-0.4, -0.2) is 0 Å². The van der Waals surface area contributed by atoms with Crippen LogP contribution in [0.1, 0.15) is 11.1 Å². The monoisotopic (exact) mass is 312 g/mol. The van der Waals surface area contributed by atoms with Crippen molar-refractivity contribution in [3.8, 4) is 0 Å². The Labute approximate surface area is 131 Å². The van der Waals surface area contributed by atoms with E-state index in [2.05, 4.69) is 50.5 Å². The van der Waals surface area contributed by atoms with Gasteiger partial charge in [-0.15, -0.1) is 50.5 Å². The summed E-state index contributed by atoms with van der Waals surface area (Å²) in [5, 5.41) is 0. The quantitative estimate of drug-likeness (QED) is 0.475. The highest BCUT2D eigenvalue weighted by Crippen LogP contribution is 2.18. The summed E-state index contributed by atoms with van der Waals surface area (Å²) < 4.78 is 0. The summed E-state index contributed by atoms with van der Waals surface area (Å²) in [4.78, 5) is 3.89. The van der Waals surface area contributed by atoms with Gasteiger partial charge in [-0.3, -0.25) is 0 Å². The summed E-state index contributed by atoms with van der Waals surface area (Å²) in [5.74, 6) is 0. The molecule has 0 atom stereocenters. The highest BCUT2D eigenvalue weighted by atomic mass is 32.1. The lowest BCUT2D eigenvalue weighted by atomic mass is 10.2. The van der Waals surface area contributed by atoms with Crippen LogP contribution in [0.2, 0.25) is 0 Å². The number of hydrogen-bond donors (Lipinski definition) is 4. The maximum absolute atomic E-state index is 4.21. The minimum Gasteiger partial charge on any atom is -0.143 e. The molecule has 0 aliphatic heterocycles. The van der Waals surface area contributed by atoms with Gasteiger partial charge in [-0.05, 0) is 55.3 Å². The van der Waals surface area contributed by atoms with Crippen molar-refractivity contribution in [2.75, 3.05) is 0 Å². The van der Waals surface area contributed by atoms with Crippen LogP contribution in [0, 0.1) is 13.8 Å². The minimum absolute atomic E-state index is 0.934. The van der Waals surface area contributed by atoms with Gasteiger partial charge in [0.25, 0.3) is 0 Å². The third-order valence-corrected chi connectivity index (χ3v) is 4.03. The van der Waals surface area contributed by atoms with Gasteiger partial charge < -0.3 is 0 Å². The second-order valence-electron chi connectivity index (χ2n) is 3.96. The zero-order valence-corrected chi connectivity index (χ0v) is 13.8. The zero-order valence-electron chi connectivity index (χ0n) is 10.3. The van der Waals surface area contributed by atoms with Crippen LogP contribution in [0.3, 0.4) is 0 Å². The van der Waals surface area contributed by atoms with Gasteiger partial charge in [0.05, 0.1) is 0 Å². The van der Waals surface area contributed by atoms with Gasteiger partial charge in [-0.2, -0.15) is 0 Å². The predicted molar refractivity (Wildman–Crippen MR) is 91.4 cm³/mol. The smallest absolute Gasteiger partial charge is 0.0176 e. The molecule has 0 saturated heterocycles. The summed E-state index contributed by atoms with van der Waals surface area (Å²) in [6.07, 6.45) is 0. The Bertz CT molecular complexity index is 486. The minimum atomic E-state index is 0.934. The van der Waals surface area contributed by atoms with Gasteiger partial charge in [0.2, 0.25) is 0 Å². The largest absolute Gasteiger partial charge is 0.143 e. The molecule has 0 unspecified atom stereocenters. The normalized spacial score (nSPS) is 9.67. The maximum atomic E-state index is 4.21. The molecule has 4 heteroatoms. The summed E-state index contributed by atoms with van der Waals surface area (Å²) in [6.45, 7) is 4.05. The molecule has 18 heavy (non-hydrogen) atoms. The Morgan fingerprint density at radius 3 is 1.72 bits per heavy atom. The molecule has 2 aromatic carbocycles. The van der Waals surface area contributed by atoms with Crippen molar-refractivity contribution in [1.82, 2.24) is 0 Å². The molecule has 0 aromatic heterocycles. The van der Waals surface area contributed by atoms with Crippen LogP contribution in [0.5, 0.6) is 0 Å². The van der Waals surface area contributed by atoms with E-state index in [4.69, 9.17) is 0 Å². The average molecular weight is 313 g/mol. The third-order valence-electron chi connectivity index (χ3n) is 2.31. The van der Waals surface area contributed by atoms with Crippen molar-refractivity contribution in [3.63, 3.8) is 0 Å². The second kappa shape index (κ2) is 7.43. The molecular formula is C14H16S4. The Hall–Kier alpha value is -0.160. The molecule has 0 nitrogen and oxygen atoms in total. The summed E-state index contributed by atoms with van der Waals surface area (Å²) >= 11 is 16.7. The molecule has 0 amide bonds. The molecule has 0 radical (unpaired) electrons. The molecule has 0 aliphatic rings. The molecule has 0 aliphatic carbocycles. The van der Waals surface area contributed by atoms with E-state index < -0.39 is 0 Å². The first-order chi connectivity index (χ1) is 8.40. The van der Waals surface area contributed by atoms with Gasteiger partial charge in [0.1, 0.15) is 0 Å². The molecule has 0 spiro atoms. The van der Waals surface area contributed by atoms with Crippen molar-refractivity contribution >= 4 is 50.5 Å². The Morgan fingerprint density at radius 2 is 1.28 bits per heavy atom. The fourth-order valence-corrected chi connectivity index (χ4v) is 2.10. The second-order valence-corrected chi connectivity index (χ2v) is 5.92. The van der Waals surface area contributed by atoms with E-state index in [-0.39, 0.29) is 0 Å². The van der Waals surface area contributed by atoms with Crippen molar-refractivity contribution in [3.05, 3.63) is 47.5 Å². The summed E-state index contributed by atoms with van der Waals surface area (Å²) in [7, 11) is 0. The number of aryl methyl sites for hydroxylation is 2. The lowest BCUT2D eigenvalue weighted by Crippen LogP contribution is -1.74.